The Balaban J connectivity index is 2.17. The fourth-order valence-electron chi connectivity index (χ4n) is 2.84. The minimum absolute atomic E-state index is 0.211. The number of aryl methyl sites for hydroxylation is 1. The molecule has 0 aliphatic carbocycles. The zero-order valence-electron chi connectivity index (χ0n) is 14.3. The van der Waals surface area contributed by atoms with Crippen molar-refractivity contribution in [3.63, 3.8) is 0 Å². The van der Waals surface area contributed by atoms with Gasteiger partial charge < -0.3 is 0 Å². The predicted octanol–water partition coefficient (Wildman–Crippen LogP) is 4.88. The van der Waals surface area contributed by atoms with Crippen LogP contribution >= 0.6 is 7.92 Å². The summed E-state index contributed by atoms with van der Waals surface area (Å²) in [6.45, 7) is 6.39. The molecule has 3 rings (SSSR count). The van der Waals surface area contributed by atoms with Crippen LogP contribution in [0.25, 0.3) is 0 Å². The Bertz CT molecular complexity index is 854. The number of hydrogen-bond acceptors (Lipinski definition) is 1. The van der Waals surface area contributed by atoms with Gasteiger partial charge in [-0.2, -0.15) is 0 Å². The molecule has 0 aliphatic rings. The first-order valence-electron chi connectivity index (χ1n) is 8.11. The first kappa shape index (κ1) is 16.6. The van der Waals surface area contributed by atoms with Crippen LogP contribution in [0.4, 0.5) is 0 Å². The first-order chi connectivity index (χ1) is 11.6. The van der Waals surface area contributed by atoms with E-state index in [9.17, 15) is 4.79 Å². The van der Waals surface area contributed by atoms with Crippen molar-refractivity contribution in [2.45, 2.75) is 20.8 Å². The molecule has 0 saturated heterocycles. The molecule has 1 nitrogen and oxygen atoms in total. The molecule has 0 saturated carbocycles. The molecule has 1 atom stereocenters. The van der Waals surface area contributed by atoms with E-state index in [2.05, 4.69) is 45.0 Å². The molecule has 3 aromatic carbocycles. The van der Waals surface area contributed by atoms with E-state index in [1.54, 1.807) is 0 Å². The van der Waals surface area contributed by atoms with Crippen LogP contribution in [0.15, 0.2) is 72.8 Å². The second kappa shape index (κ2) is 7.11. The molecular weight excluding hydrogens is 311 g/mol. The van der Waals surface area contributed by atoms with Crippen LogP contribution in [0.5, 0.6) is 0 Å². The van der Waals surface area contributed by atoms with Gasteiger partial charge in [0.05, 0.1) is 0 Å². The van der Waals surface area contributed by atoms with Gasteiger partial charge in [0.1, 0.15) is 0 Å². The largest absolute Gasteiger partial charge is 0.288 e. The first-order valence-corrected chi connectivity index (χ1v) is 9.45. The van der Waals surface area contributed by atoms with Gasteiger partial charge >= 0.3 is 0 Å². The Morgan fingerprint density at radius 1 is 0.708 bits per heavy atom. The summed E-state index contributed by atoms with van der Waals surface area (Å²) in [6.07, 6.45) is 0. The van der Waals surface area contributed by atoms with Gasteiger partial charge in [0.25, 0.3) is 0 Å². The second-order valence-electron chi connectivity index (χ2n) is 5.99. The van der Waals surface area contributed by atoms with Crippen LogP contribution in [0.3, 0.4) is 0 Å². The van der Waals surface area contributed by atoms with Gasteiger partial charge in [0, 0.05) is 13.5 Å². The number of rotatable bonds is 4. The monoisotopic (exact) mass is 332 g/mol. The highest BCUT2D eigenvalue weighted by Gasteiger charge is 2.25. The summed E-state index contributed by atoms with van der Waals surface area (Å²) in [5, 5.41) is 2.26. The zero-order valence-corrected chi connectivity index (χ0v) is 15.2. The Labute approximate surface area is 145 Å². The molecule has 2 heteroatoms. The molecular formula is C22H21OP. The van der Waals surface area contributed by atoms with Crippen molar-refractivity contribution >= 4 is 24.1 Å². The van der Waals surface area contributed by atoms with Crippen molar-refractivity contribution in [1.29, 1.82) is 0 Å². The average molecular weight is 332 g/mol. The lowest BCUT2D eigenvalue weighted by molar-refractivity contribution is 0.108. The molecule has 0 fully saturated rings. The maximum atomic E-state index is 13.3. The van der Waals surface area contributed by atoms with Crippen molar-refractivity contribution < 1.29 is 4.79 Å². The van der Waals surface area contributed by atoms with E-state index in [-0.39, 0.29) is 5.52 Å². The maximum absolute atomic E-state index is 13.3. The number of carbonyl (C=O) groups is 1. The molecule has 0 aromatic heterocycles. The quantitative estimate of drug-likeness (QED) is 0.622. The van der Waals surface area contributed by atoms with E-state index in [0.717, 1.165) is 16.2 Å². The number of hydrogen-bond donors (Lipinski definition) is 0. The van der Waals surface area contributed by atoms with E-state index in [1.807, 2.05) is 48.5 Å². The Morgan fingerprint density at radius 2 is 1.29 bits per heavy atom. The lowest BCUT2D eigenvalue weighted by Crippen LogP contribution is -2.21. The molecule has 0 aliphatic heterocycles. The van der Waals surface area contributed by atoms with Crippen LogP contribution in [0.2, 0.25) is 0 Å². The topological polar surface area (TPSA) is 17.1 Å². The van der Waals surface area contributed by atoms with E-state index in [1.165, 1.54) is 16.7 Å². The minimum Gasteiger partial charge on any atom is -0.288 e. The van der Waals surface area contributed by atoms with E-state index in [4.69, 9.17) is 0 Å². The number of benzene rings is 3. The summed E-state index contributed by atoms with van der Waals surface area (Å²) < 4.78 is 0. The average Bonchev–Trinajstić information content (AvgIpc) is 2.63. The summed E-state index contributed by atoms with van der Waals surface area (Å²) in [4.78, 5) is 13.3. The number of carbonyl (C=O) groups excluding carboxylic acids is 1. The summed E-state index contributed by atoms with van der Waals surface area (Å²) in [5.74, 6) is 0. The third kappa shape index (κ3) is 3.18. The molecule has 0 amide bonds. The van der Waals surface area contributed by atoms with Gasteiger partial charge in [-0.3, -0.25) is 4.79 Å². The van der Waals surface area contributed by atoms with Crippen molar-refractivity contribution in [3.05, 3.63) is 95.1 Å². The molecule has 0 spiro atoms. The van der Waals surface area contributed by atoms with Crippen LogP contribution in [0, 0.1) is 20.8 Å². The third-order valence-corrected chi connectivity index (χ3v) is 6.95. The van der Waals surface area contributed by atoms with Gasteiger partial charge in [-0.05, 0) is 48.1 Å². The summed E-state index contributed by atoms with van der Waals surface area (Å²) in [7, 11) is -1.08. The minimum atomic E-state index is -1.08. The molecule has 0 radical (unpaired) electrons. The van der Waals surface area contributed by atoms with Crippen LogP contribution in [-0.2, 0) is 0 Å². The van der Waals surface area contributed by atoms with Crippen LogP contribution < -0.4 is 10.6 Å². The van der Waals surface area contributed by atoms with Gasteiger partial charge in [0.2, 0.25) is 0 Å². The van der Waals surface area contributed by atoms with Crippen molar-refractivity contribution in [3.8, 4) is 0 Å². The smallest absolute Gasteiger partial charge is 0.193 e. The Hall–Kier alpha value is -2.24. The van der Waals surface area contributed by atoms with Crippen LogP contribution in [-0.4, -0.2) is 5.52 Å². The van der Waals surface area contributed by atoms with E-state index in [0.29, 0.717) is 0 Å². The summed E-state index contributed by atoms with van der Waals surface area (Å²) in [5.41, 5.74) is 4.77. The van der Waals surface area contributed by atoms with Gasteiger partial charge in [0.15, 0.2) is 5.52 Å². The molecule has 3 aromatic rings. The Morgan fingerprint density at radius 3 is 1.92 bits per heavy atom. The van der Waals surface area contributed by atoms with Crippen LogP contribution in [0.1, 0.15) is 27.0 Å². The molecule has 1 unspecified atom stereocenters. The molecule has 0 N–H and O–H groups in total. The molecule has 24 heavy (non-hydrogen) atoms. The normalized spacial score (nSPS) is 12.0. The summed E-state index contributed by atoms with van der Waals surface area (Å²) >= 11 is 0. The molecule has 120 valence electrons. The second-order valence-corrected chi connectivity index (χ2v) is 8.07. The SMILES string of the molecule is Cc1ccc(P(C(=O)c2ccccc2)c2ccccc2)c(C)c1C. The highest BCUT2D eigenvalue weighted by atomic mass is 31.1. The van der Waals surface area contributed by atoms with Gasteiger partial charge in [-0.25, -0.2) is 0 Å². The summed E-state index contributed by atoms with van der Waals surface area (Å²) in [6, 6.07) is 24.1. The van der Waals surface area contributed by atoms with Crippen molar-refractivity contribution in [1.82, 2.24) is 0 Å². The lowest BCUT2D eigenvalue weighted by atomic mass is 10.1. The molecule has 0 bridgehead atoms. The standard InChI is InChI=1S/C22H21OP/c1-16-14-15-21(18(3)17(16)2)24(20-12-8-5-9-13-20)22(23)19-10-6-4-7-11-19/h4-15H,1-3H3. The van der Waals surface area contributed by atoms with E-state index >= 15 is 0 Å². The third-order valence-electron chi connectivity index (χ3n) is 4.51. The maximum Gasteiger partial charge on any atom is 0.193 e. The Kier molecular flexibility index (Phi) is 4.92. The molecule has 0 heterocycles. The van der Waals surface area contributed by atoms with Gasteiger partial charge in [-0.1, -0.05) is 72.8 Å². The highest BCUT2D eigenvalue weighted by Crippen LogP contribution is 2.39. The van der Waals surface area contributed by atoms with E-state index < -0.39 is 7.92 Å². The van der Waals surface area contributed by atoms with Crippen molar-refractivity contribution in [2.75, 3.05) is 0 Å². The predicted molar refractivity (Wildman–Crippen MR) is 104 cm³/mol. The fourth-order valence-corrected chi connectivity index (χ4v) is 5.17. The van der Waals surface area contributed by atoms with Gasteiger partial charge in [-0.15, -0.1) is 0 Å². The fraction of sp³-hybridized carbons (Fsp3) is 0.136. The van der Waals surface area contributed by atoms with Crippen molar-refractivity contribution in [2.24, 2.45) is 0 Å². The highest BCUT2D eigenvalue weighted by molar-refractivity contribution is 7.88. The zero-order chi connectivity index (χ0) is 17.1. The lowest BCUT2D eigenvalue weighted by Gasteiger charge is -2.21.